The van der Waals surface area contributed by atoms with E-state index >= 15 is 0 Å². The summed E-state index contributed by atoms with van der Waals surface area (Å²) in [7, 11) is 1.41. The number of β-amino-alcohol motifs (C(OH)–C–C–N with tert-alkyl or cyclic N) is 1. The Balaban J connectivity index is 1.84. The standard InChI is InChI=1S/C17H25FN2O3/c1-3-14(21)12-19-6-8-20(9-7-19)17(22)11-13-4-5-16(23-2)15(18)10-13/h4-5,10,14,21H,3,6-9,11-12H2,1-2H3/t14-/m0/s1. The number of methoxy groups -OCH3 is 1. The highest BCUT2D eigenvalue weighted by molar-refractivity contribution is 5.79. The summed E-state index contributed by atoms with van der Waals surface area (Å²) in [6, 6.07) is 4.61. The molecule has 0 aliphatic carbocycles. The number of carbonyl (C=O) groups excluding carboxylic acids is 1. The van der Waals surface area contributed by atoms with Gasteiger partial charge in [0.15, 0.2) is 11.6 Å². The number of benzene rings is 1. The van der Waals surface area contributed by atoms with Crippen LogP contribution in [0.5, 0.6) is 5.75 Å². The molecular formula is C17H25FN2O3. The third-order valence-corrected chi connectivity index (χ3v) is 4.24. The van der Waals surface area contributed by atoms with E-state index in [1.54, 1.807) is 17.0 Å². The molecule has 2 rings (SSSR count). The molecule has 1 saturated heterocycles. The van der Waals surface area contributed by atoms with Gasteiger partial charge in [0.05, 0.1) is 19.6 Å². The Morgan fingerprint density at radius 1 is 1.35 bits per heavy atom. The Labute approximate surface area is 136 Å². The van der Waals surface area contributed by atoms with Crippen LogP contribution in [-0.2, 0) is 11.2 Å². The van der Waals surface area contributed by atoms with E-state index in [0.29, 0.717) is 25.2 Å². The van der Waals surface area contributed by atoms with E-state index in [2.05, 4.69) is 4.90 Å². The van der Waals surface area contributed by atoms with Crippen LogP contribution in [0.1, 0.15) is 18.9 Å². The van der Waals surface area contributed by atoms with Crippen molar-refractivity contribution >= 4 is 5.91 Å². The van der Waals surface area contributed by atoms with Gasteiger partial charge in [-0.1, -0.05) is 13.0 Å². The van der Waals surface area contributed by atoms with Crippen LogP contribution in [0.25, 0.3) is 0 Å². The van der Waals surface area contributed by atoms with Crippen molar-refractivity contribution in [3.8, 4) is 5.75 Å². The monoisotopic (exact) mass is 324 g/mol. The number of amides is 1. The van der Waals surface area contributed by atoms with E-state index in [-0.39, 0.29) is 24.2 Å². The van der Waals surface area contributed by atoms with E-state index in [1.165, 1.54) is 13.2 Å². The number of aliphatic hydroxyl groups excluding tert-OH is 1. The molecule has 1 aliphatic rings. The molecule has 6 heteroatoms. The van der Waals surface area contributed by atoms with Crippen LogP contribution >= 0.6 is 0 Å². The van der Waals surface area contributed by atoms with Crippen molar-refractivity contribution in [1.29, 1.82) is 0 Å². The highest BCUT2D eigenvalue weighted by atomic mass is 19.1. The van der Waals surface area contributed by atoms with Gasteiger partial charge < -0.3 is 14.7 Å². The fourth-order valence-corrected chi connectivity index (χ4v) is 2.71. The summed E-state index contributed by atoms with van der Waals surface area (Å²) in [6.45, 7) is 5.43. The van der Waals surface area contributed by atoms with Crippen molar-refractivity contribution in [2.24, 2.45) is 0 Å². The molecule has 1 atom stereocenters. The Kier molecular flexibility index (Phi) is 6.36. The SMILES string of the molecule is CC[C@H](O)CN1CCN(C(=O)Cc2ccc(OC)c(F)c2)CC1. The van der Waals surface area contributed by atoms with Crippen molar-refractivity contribution in [3.05, 3.63) is 29.6 Å². The third-order valence-electron chi connectivity index (χ3n) is 4.24. The molecule has 1 aromatic carbocycles. The second kappa shape index (κ2) is 8.26. The van der Waals surface area contributed by atoms with E-state index in [1.807, 2.05) is 6.92 Å². The summed E-state index contributed by atoms with van der Waals surface area (Å²) < 4.78 is 18.5. The molecule has 1 aromatic rings. The quantitative estimate of drug-likeness (QED) is 0.857. The predicted molar refractivity (Wildman–Crippen MR) is 86.0 cm³/mol. The number of hydrogen-bond acceptors (Lipinski definition) is 4. The summed E-state index contributed by atoms with van der Waals surface area (Å²) in [5.41, 5.74) is 0.650. The number of piperazine rings is 1. The lowest BCUT2D eigenvalue weighted by molar-refractivity contribution is -0.132. The van der Waals surface area contributed by atoms with E-state index in [9.17, 15) is 14.3 Å². The van der Waals surface area contributed by atoms with Gasteiger partial charge in [0, 0.05) is 32.7 Å². The maximum absolute atomic E-state index is 13.7. The first-order valence-electron chi connectivity index (χ1n) is 8.04. The fourth-order valence-electron chi connectivity index (χ4n) is 2.71. The molecule has 0 spiro atoms. The molecule has 5 nitrogen and oxygen atoms in total. The second-order valence-electron chi connectivity index (χ2n) is 5.89. The average Bonchev–Trinajstić information content (AvgIpc) is 2.55. The van der Waals surface area contributed by atoms with Gasteiger partial charge in [-0.05, 0) is 24.1 Å². The highest BCUT2D eigenvalue weighted by Gasteiger charge is 2.22. The number of aliphatic hydroxyl groups is 1. The van der Waals surface area contributed by atoms with Crippen molar-refractivity contribution in [3.63, 3.8) is 0 Å². The first-order chi connectivity index (χ1) is 11.0. The van der Waals surface area contributed by atoms with E-state index < -0.39 is 5.82 Å². The smallest absolute Gasteiger partial charge is 0.227 e. The van der Waals surface area contributed by atoms with Gasteiger partial charge in [0.1, 0.15) is 0 Å². The summed E-state index contributed by atoms with van der Waals surface area (Å²) in [6.07, 6.45) is 0.625. The molecule has 0 unspecified atom stereocenters. The molecule has 23 heavy (non-hydrogen) atoms. The molecule has 1 N–H and O–H groups in total. The minimum Gasteiger partial charge on any atom is -0.494 e. The van der Waals surface area contributed by atoms with Crippen molar-refractivity contribution in [1.82, 2.24) is 9.80 Å². The van der Waals surface area contributed by atoms with Crippen LogP contribution in [-0.4, -0.2) is 66.8 Å². The molecule has 1 heterocycles. The van der Waals surface area contributed by atoms with Crippen molar-refractivity contribution in [2.45, 2.75) is 25.9 Å². The topological polar surface area (TPSA) is 53.0 Å². The minimum atomic E-state index is -0.448. The first-order valence-corrected chi connectivity index (χ1v) is 8.04. The van der Waals surface area contributed by atoms with Crippen molar-refractivity contribution in [2.75, 3.05) is 39.8 Å². The molecule has 1 amide bonds. The largest absolute Gasteiger partial charge is 0.494 e. The molecule has 0 radical (unpaired) electrons. The molecule has 0 aromatic heterocycles. The maximum atomic E-state index is 13.7. The minimum absolute atomic E-state index is 0.00487. The van der Waals surface area contributed by atoms with Crippen LogP contribution in [0.2, 0.25) is 0 Å². The van der Waals surface area contributed by atoms with Crippen LogP contribution < -0.4 is 4.74 Å². The van der Waals surface area contributed by atoms with E-state index in [0.717, 1.165) is 19.5 Å². The maximum Gasteiger partial charge on any atom is 0.227 e. The van der Waals surface area contributed by atoms with E-state index in [4.69, 9.17) is 4.74 Å². The number of halogens is 1. The van der Waals surface area contributed by atoms with Gasteiger partial charge >= 0.3 is 0 Å². The molecule has 0 bridgehead atoms. The lowest BCUT2D eigenvalue weighted by atomic mass is 10.1. The molecule has 128 valence electrons. The first kappa shape index (κ1) is 17.7. The summed E-state index contributed by atoms with van der Waals surface area (Å²) in [5, 5.41) is 9.68. The zero-order valence-corrected chi connectivity index (χ0v) is 13.8. The Hall–Kier alpha value is -1.66. The summed E-state index contributed by atoms with van der Waals surface area (Å²) in [5.74, 6) is -0.259. The normalized spacial score (nSPS) is 17.1. The molecule has 0 saturated carbocycles. The number of nitrogens with zero attached hydrogens (tertiary/aromatic N) is 2. The van der Waals surface area contributed by atoms with Crippen LogP contribution in [0.3, 0.4) is 0 Å². The third kappa shape index (κ3) is 4.91. The zero-order chi connectivity index (χ0) is 16.8. The van der Waals surface area contributed by atoms with Gasteiger partial charge in [-0.2, -0.15) is 0 Å². The van der Waals surface area contributed by atoms with Gasteiger partial charge in [-0.15, -0.1) is 0 Å². The van der Waals surface area contributed by atoms with Gasteiger partial charge in [-0.25, -0.2) is 4.39 Å². The molecule has 1 aliphatic heterocycles. The highest BCUT2D eigenvalue weighted by Crippen LogP contribution is 2.18. The van der Waals surface area contributed by atoms with Gasteiger partial charge in [0.25, 0.3) is 0 Å². The lowest BCUT2D eigenvalue weighted by Crippen LogP contribution is -2.50. The van der Waals surface area contributed by atoms with Crippen LogP contribution in [0, 0.1) is 5.82 Å². The lowest BCUT2D eigenvalue weighted by Gasteiger charge is -2.35. The summed E-state index contributed by atoms with van der Waals surface area (Å²) >= 11 is 0. The summed E-state index contributed by atoms with van der Waals surface area (Å²) in [4.78, 5) is 16.3. The predicted octanol–water partition coefficient (Wildman–Crippen LogP) is 1.29. The zero-order valence-electron chi connectivity index (χ0n) is 13.8. The number of rotatable bonds is 6. The average molecular weight is 324 g/mol. The molecule has 1 fully saturated rings. The van der Waals surface area contributed by atoms with Gasteiger partial charge in [0.2, 0.25) is 5.91 Å². The van der Waals surface area contributed by atoms with Crippen molar-refractivity contribution < 1.29 is 19.0 Å². The Bertz CT molecular complexity index is 531. The Morgan fingerprint density at radius 3 is 2.61 bits per heavy atom. The van der Waals surface area contributed by atoms with Gasteiger partial charge in [-0.3, -0.25) is 9.69 Å². The molecular weight excluding hydrogens is 299 g/mol. The second-order valence-corrected chi connectivity index (χ2v) is 5.89. The Morgan fingerprint density at radius 2 is 2.04 bits per heavy atom. The number of ether oxygens (including phenoxy) is 1. The van der Waals surface area contributed by atoms with Crippen LogP contribution in [0.4, 0.5) is 4.39 Å². The fraction of sp³-hybridized carbons (Fsp3) is 0.588. The van der Waals surface area contributed by atoms with Crippen LogP contribution in [0.15, 0.2) is 18.2 Å². The number of carbonyl (C=O) groups is 1. The number of hydrogen-bond donors (Lipinski definition) is 1.